The van der Waals surface area contributed by atoms with Gasteiger partial charge in [-0.05, 0) is 24.7 Å². The Morgan fingerprint density at radius 3 is 2.81 bits per heavy atom. The fourth-order valence-corrected chi connectivity index (χ4v) is 4.45. The zero-order chi connectivity index (χ0) is 18.4. The average molecular weight is 377 g/mol. The first-order chi connectivity index (χ1) is 13.2. The van der Waals surface area contributed by atoms with Crippen LogP contribution >= 0.6 is 0 Å². The Balaban J connectivity index is 1.27. The van der Waals surface area contributed by atoms with Crippen LogP contribution in [0, 0.1) is 0 Å². The number of nitrogens with one attached hydrogen (secondary N) is 1. The third kappa shape index (κ3) is 3.30. The zero-order valence-corrected chi connectivity index (χ0v) is 15.5. The van der Waals surface area contributed by atoms with Crippen molar-refractivity contribution >= 4 is 0 Å². The monoisotopic (exact) mass is 377 g/mol. The van der Waals surface area contributed by atoms with Crippen LogP contribution in [0.15, 0.2) is 18.2 Å². The van der Waals surface area contributed by atoms with Gasteiger partial charge in [0.2, 0.25) is 6.79 Å². The van der Waals surface area contributed by atoms with Crippen molar-refractivity contribution in [1.82, 2.24) is 15.1 Å². The zero-order valence-electron chi connectivity index (χ0n) is 15.5. The van der Waals surface area contributed by atoms with E-state index in [2.05, 4.69) is 22.2 Å². The summed E-state index contributed by atoms with van der Waals surface area (Å²) < 4.78 is 22.8. The van der Waals surface area contributed by atoms with Crippen LogP contribution in [-0.2, 0) is 16.0 Å². The summed E-state index contributed by atoms with van der Waals surface area (Å²) in [5.74, 6) is 1.55. The fraction of sp³-hybridized carbons (Fsp3) is 0.684. The summed E-state index contributed by atoms with van der Waals surface area (Å²) in [5.41, 5.74) is 1.09. The first-order valence-electron chi connectivity index (χ1n) is 9.69. The molecule has 0 aliphatic carbocycles. The molecule has 5 unspecified atom stereocenters. The highest BCUT2D eigenvalue weighted by molar-refractivity contribution is 5.44. The Bertz CT molecular complexity index is 681. The first kappa shape index (κ1) is 17.7. The Morgan fingerprint density at radius 2 is 1.96 bits per heavy atom. The molecule has 0 saturated carbocycles. The summed E-state index contributed by atoms with van der Waals surface area (Å²) in [4.78, 5) is 4.62. The van der Waals surface area contributed by atoms with Crippen LogP contribution in [-0.4, -0.2) is 92.1 Å². The largest absolute Gasteiger partial charge is 0.454 e. The van der Waals surface area contributed by atoms with Gasteiger partial charge in [-0.25, -0.2) is 0 Å². The van der Waals surface area contributed by atoms with Crippen molar-refractivity contribution in [2.24, 2.45) is 0 Å². The van der Waals surface area contributed by atoms with Crippen molar-refractivity contribution in [2.45, 2.75) is 37.1 Å². The number of nitrogens with zero attached hydrogens (tertiary/aromatic N) is 2. The topological polar surface area (TPSA) is 75.7 Å². The molecule has 0 aromatic heterocycles. The normalized spacial score (nSPS) is 36.3. The van der Waals surface area contributed by atoms with Gasteiger partial charge in [0.15, 0.2) is 17.8 Å². The first-order valence-corrected chi connectivity index (χ1v) is 9.69. The van der Waals surface area contributed by atoms with Gasteiger partial charge in [-0.3, -0.25) is 4.90 Å². The number of rotatable bonds is 4. The Morgan fingerprint density at radius 1 is 1.15 bits per heavy atom. The van der Waals surface area contributed by atoms with Gasteiger partial charge in [0, 0.05) is 32.7 Å². The van der Waals surface area contributed by atoms with Crippen molar-refractivity contribution in [3.63, 3.8) is 0 Å². The molecule has 5 atom stereocenters. The van der Waals surface area contributed by atoms with Gasteiger partial charge in [-0.15, -0.1) is 0 Å². The molecule has 4 aliphatic heterocycles. The highest BCUT2D eigenvalue weighted by Gasteiger charge is 2.52. The third-order valence-corrected chi connectivity index (χ3v) is 6.07. The maximum Gasteiger partial charge on any atom is 0.231 e. The lowest BCUT2D eigenvalue weighted by Gasteiger charge is -2.46. The van der Waals surface area contributed by atoms with E-state index in [1.807, 2.05) is 18.2 Å². The summed E-state index contributed by atoms with van der Waals surface area (Å²) in [5, 5.41) is 14.6. The third-order valence-electron chi connectivity index (χ3n) is 6.07. The summed E-state index contributed by atoms with van der Waals surface area (Å²) in [7, 11) is 2.13. The van der Waals surface area contributed by atoms with E-state index < -0.39 is 6.10 Å². The van der Waals surface area contributed by atoms with Crippen LogP contribution in [0.3, 0.4) is 0 Å². The SMILES string of the molecule is CN1CCN(C2C3OCC(O3)C(NCc3ccc4c(c3)OCO4)C2O)CC1. The summed E-state index contributed by atoms with van der Waals surface area (Å²) >= 11 is 0. The van der Waals surface area contributed by atoms with E-state index in [4.69, 9.17) is 18.9 Å². The fourth-order valence-electron chi connectivity index (χ4n) is 4.45. The minimum Gasteiger partial charge on any atom is -0.454 e. The van der Waals surface area contributed by atoms with Gasteiger partial charge in [0.05, 0.1) is 24.8 Å². The van der Waals surface area contributed by atoms with E-state index >= 15 is 0 Å². The number of aliphatic hydroxyl groups excluding tert-OH is 1. The van der Waals surface area contributed by atoms with Crippen LogP contribution in [0.1, 0.15) is 5.56 Å². The van der Waals surface area contributed by atoms with Gasteiger partial charge in [-0.1, -0.05) is 6.07 Å². The molecular formula is C19H27N3O5. The molecule has 1 aromatic carbocycles. The molecule has 0 amide bonds. The van der Waals surface area contributed by atoms with Crippen LogP contribution < -0.4 is 14.8 Å². The lowest BCUT2D eigenvalue weighted by molar-refractivity contribution is -0.186. The predicted octanol–water partition coefficient (Wildman–Crippen LogP) is -0.394. The molecule has 27 heavy (non-hydrogen) atoms. The van der Waals surface area contributed by atoms with Crippen molar-refractivity contribution in [1.29, 1.82) is 0 Å². The quantitative estimate of drug-likeness (QED) is 0.735. The summed E-state index contributed by atoms with van der Waals surface area (Å²) in [6.07, 6.45) is -0.992. The minimum atomic E-state index is -0.534. The average Bonchev–Trinajstić information content (AvgIpc) is 3.31. The highest BCUT2D eigenvalue weighted by Crippen LogP contribution is 2.34. The number of fused-ring (bicyclic) bond motifs is 3. The molecule has 5 rings (SSSR count). The van der Waals surface area contributed by atoms with Crippen LogP contribution in [0.4, 0.5) is 0 Å². The minimum absolute atomic E-state index is 0.122. The smallest absolute Gasteiger partial charge is 0.231 e. The van der Waals surface area contributed by atoms with Gasteiger partial charge in [0.25, 0.3) is 0 Å². The number of aliphatic hydroxyl groups is 1. The van der Waals surface area contributed by atoms with Crippen molar-refractivity contribution < 1.29 is 24.1 Å². The standard InChI is InChI=1S/C19H27N3O5/c1-21-4-6-22(7-5-21)17-18(23)16(15-10-24-19(17)27-15)20-9-12-2-3-13-14(8-12)26-11-25-13/h2-3,8,15-20,23H,4-7,9-11H2,1H3. The summed E-state index contributed by atoms with van der Waals surface area (Å²) in [6.45, 7) is 5.24. The van der Waals surface area contributed by atoms with E-state index in [-0.39, 0.29) is 31.3 Å². The number of hydrogen-bond acceptors (Lipinski definition) is 8. The Kier molecular flexibility index (Phi) is 4.71. The van der Waals surface area contributed by atoms with Crippen molar-refractivity contribution in [3.05, 3.63) is 23.8 Å². The Hall–Kier alpha value is -1.42. The maximum atomic E-state index is 11.1. The Labute approximate surface area is 158 Å². The van der Waals surface area contributed by atoms with Crippen LogP contribution in [0.2, 0.25) is 0 Å². The molecule has 2 bridgehead atoms. The second kappa shape index (κ2) is 7.20. The molecular weight excluding hydrogens is 350 g/mol. The number of benzene rings is 1. The molecule has 3 saturated heterocycles. The van der Waals surface area contributed by atoms with Gasteiger partial charge in [0.1, 0.15) is 6.10 Å². The van der Waals surface area contributed by atoms with Gasteiger partial charge >= 0.3 is 0 Å². The van der Waals surface area contributed by atoms with E-state index in [0.717, 1.165) is 43.2 Å². The molecule has 1 aromatic rings. The molecule has 4 aliphatic rings. The predicted molar refractivity (Wildman–Crippen MR) is 96.7 cm³/mol. The molecule has 8 nitrogen and oxygen atoms in total. The van der Waals surface area contributed by atoms with Gasteiger partial charge < -0.3 is 34.3 Å². The van der Waals surface area contributed by atoms with Crippen LogP contribution in [0.25, 0.3) is 0 Å². The van der Waals surface area contributed by atoms with E-state index in [9.17, 15) is 5.11 Å². The highest BCUT2D eigenvalue weighted by atomic mass is 16.7. The molecule has 2 N–H and O–H groups in total. The maximum absolute atomic E-state index is 11.1. The molecule has 8 heteroatoms. The van der Waals surface area contributed by atoms with Crippen LogP contribution in [0.5, 0.6) is 11.5 Å². The summed E-state index contributed by atoms with van der Waals surface area (Å²) in [6, 6.07) is 5.62. The van der Waals surface area contributed by atoms with Gasteiger partial charge in [-0.2, -0.15) is 0 Å². The number of piperazine rings is 1. The number of likely N-dealkylation sites (N-methyl/N-ethyl adjacent to an activating group) is 1. The van der Waals surface area contributed by atoms with Crippen molar-refractivity contribution in [2.75, 3.05) is 46.6 Å². The molecule has 4 heterocycles. The molecule has 148 valence electrons. The lowest BCUT2D eigenvalue weighted by Crippen LogP contribution is -2.66. The van der Waals surface area contributed by atoms with E-state index in [1.165, 1.54) is 0 Å². The second-order valence-corrected chi connectivity index (χ2v) is 7.79. The molecule has 0 spiro atoms. The number of ether oxygens (including phenoxy) is 4. The van der Waals surface area contributed by atoms with Crippen molar-refractivity contribution in [3.8, 4) is 11.5 Å². The molecule has 0 radical (unpaired) electrons. The second-order valence-electron chi connectivity index (χ2n) is 7.79. The van der Waals surface area contributed by atoms with E-state index in [0.29, 0.717) is 13.2 Å². The lowest BCUT2D eigenvalue weighted by atomic mass is 9.94. The van der Waals surface area contributed by atoms with E-state index in [1.54, 1.807) is 0 Å². The number of hydrogen-bond donors (Lipinski definition) is 2. The molecule has 3 fully saturated rings.